The molecule has 1 unspecified atom stereocenters. The van der Waals surface area contributed by atoms with Crippen LogP contribution in [-0.2, 0) is 4.79 Å². The largest absolute Gasteiger partial charge is 0.497 e. The summed E-state index contributed by atoms with van der Waals surface area (Å²) < 4.78 is 5.17. The number of carbonyl (C=O) groups is 2. The van der Waals surface area contributed by atoms with E-state index in [9.17, 15) is 9.59 Å². The molecule has 0 saturated carbocycles. The lowest BCUT2D eigenvalue weighted by molar-refractivity contribution is -0.111. The molecule has 0 fully saturated rings. The highest BCUT2D eigenvalue weighted by molar-refractivity contribution is 6.08. The molecular formula is C21H20N2O3. The Balaban J connectivity index is 1.89. The van der Waals surface area contributed by atoms with Crippen molar-refractivity contribution in [2.45, 2.75) is 6.04 Å². The number of methoxy groups -OCH3 is 1. The van der Waals surface area contributed by atoms with Crippen LogP contribution in [0.25, 0.3) is 6.08 Å². The SMILES string of the molecule is COc1ccc(C2NC(=O)N(C)C=C2C(=O)/C=C/c2ccccc2)cc1. The van der Waals surface area contributed by atoms with E-state index in [0.29, 0.717) is 11.3 Å². The van der Waals surface area contributed by atoms with E-state index in [1.165, 1.54) is 11.0 Å². The summed E-state index contributed by atoms with van der Waals surface area (Å²) in [6.07, 6.45) is 4.89. The maximum Gasteiger partial charge on any atom is 0.321 e. The molecule has 132 valence electrons. The summed E-state index contributed by atoms with van der Waals surface area (Å²) in [6, 6.07) is 16.1. The number of hydrogen-bond acceptors (Lipinski definition) is 3. The van der Waals surface area contributed by atoms with Gasteiger partial charge >= 0.3 is 6.03 Å². The van der Waals surface area contributed by atoms with Crippen LogP contribution in [0.1, 0.15) is 17.2 Å². The van der Waals surface area contributed by atoms with Gasteiger partial charge in [0.05, 0.1) is 13.2 Å². The van der Waals surface area contributed by atoms with E-state index in [0.717, 1.165) is 11.1 Å². The molecule has 0 saturated heterocycles. The molecule has 1 atom stereocenters. The second-order valence-electron chi connectivity index (χ2n) is 5.96. The van der Waals surface area contributed by atoms with Gasteiger partial charge in [-0.25, -0.2) is 4.79 Å². The topological polar surface area (TPSA) is 58.6 Å². The van der Waals surface area contributed by atoms with Crippen molar-refractivity contribution in [3.8, 4) is 5.75 Å². The normalized spacial score (nSPS) is 17.0. The summed E-state index contributed by atoms with van der Waals surface area (Å²) in [5.41, 5.74) is 2.26. The molecule has 3 rings (SSSR count). The van der Waals surface area contributed by atoms with Crippen molar-refractivity contribution < 1.29 is 14.3 Å². The average Bonchev–Trinajstić information content (AvgIpc) is 2.68. The summed E-state index contributed by atoms with van der Waals surface area (Å²) in [5.74, 6) is 0.565. The number of carbonyl (C=O) groups excluding carboxylic acids is 2. The molecule has 2 amide bonds. The highest BCUT2D eigenvalue weighted by atomic mass is 16.5. The van der Waals surface area contributed by atoms with Gasteiger partial charge in [0.1, 0.15) is 5.75 Å². The van der Waals surface area contributed by atoms with Crippen LogP contribution < -0.4 is 10.1 Å². The Morgan fingerprint density at radius 1 is 1.12 bits per heavy atom. The van der Waals surface area contributed by atoms with Gasteiger partial charge in [-0.2, -0.15) is 0 Å². The van der Waals surface area contributed by atoms with Gasteiger partial charge in [0.25, 0.3) is 0 Å². The Morgan fingerprint density at radius 3 is 2.46 bits per heavy atom. The lowest BCUT2D eigenvalue weighted by Crippen LogP contribution is -2.43. The number of ether oxygens (including phenoxy) is 1. The van der Waals surface area contributed by atoms with Crippen LogP contribution in [0.3, 0.4) is 0 Å². The van der Waals surface area contributed by atoms with Crippen LogP contribution in [0, 0.1) is 0 Å². The Morgan fingerprint density at radius 2 is 1.81 bits per heavy atom. The Labute approximate surface area is 152 Å². The van der Waals surface area contributed by atoms with E-state index in [-0.39, 0.29) is 11.8 Å². The standard InChI is InChI=1S/C21H20N2O3/c1-23-14-18(19(24)13-8-15-6-4-3-5-7-15)20(22-21(23)25)16-9-11-17(26-2)12-10-16/h3-14,20H,1-2H3,(H,22,25)/b13-8+. The molecule has 5 nitrogen and oxygen atoms in total. The molecule has 5 heteroatoms. The molecule has 1 aliphatic heterocycles. The summed E-state index contributed by atoms with van der Waals surface area (Å²) in [5, 5.41) is 2.87. The van der Waals surface area contributed by atoms with Gasteiger partial charge in [-0.05, 0) is 29.3 Å². The molecule has 0 bridgehead atoms. The average molecular weight is 348 g/mol. The third kappa shape index (κ3) is 3.83. The molecule has 2 aromatic rings. The van der Waals surface area contributed by atoms with Gasteiger partial charge in [-0.1, -0.05) is 48.5 Å². The van der Waals surface area contributed by atoms with Crippen molar-refractivity contribution in [3.05, 3.63) is 83.6 Å². The van der Waals surface area contributed by atoms with Gasteiger partial charge in [0.2, 0.25) is 0 Å². The van der Waals surface area contributed by atoms with E-state index < -0.39 is 6.04 Å². The summed E-state index contributed by atoms with van der Waals surface area (Å²) in [7, 11) is 3.21. The molecule has 0 spiro atoms. The number of benzene rings is 2. The van der Waals surface area contributed by atoms with Crippen molar-refractivity contribution in [2.24, 2.45) is 0 Å². The quantitative estimate of drug-likeness (QED) is 0.841. The Hall–Kier alpha value is -3.34. The number of allylic oxidation sites excluding steroid dienone is 1. The van der Waals surface area contributed by atoms with Crippen molar-refractivity contribution >= 4 is 17.9 Å². The third-order valence-electron chi connectivity index (χ3n) is 4.19. The van der Waals surface area contributed by atoms with Crippen LogP contribution in [0.4, 0.5) is 4.79 Å². The number of nitrogens with zero attached hydrogens (tertiary/aromatic N) is 1. The highest BCUT2D eigenvalue weighted by Crippen LogP contribution is 2.28. The van der Waals surface area contributed by atoms with Gasteiger partial charge in [0.15, 0.2) is 5.78 Å². The van der Waals surface area contributed by atoms with Crippen molar-refractivity contribution in [2.75, 3.05) is 14.2 Å². The lowest BCUT2D eigenvalue weighted by atomic mass is 9.94. The smallest absolute Gasteiger partial charge is 0.321 e. The molecule has 26 heavy (non-hydrogen) atoms. The Bertz CT molecular complexity index is 855. The van der Waals surface area contributed by atoms with E-state index in [2.05, 4.69) is 5.32 Å². The molecule has 1 N–H and O–H groups in total. The number of urea groups is 1. The minimum atomic E-state index is -0.502. The first-order valence-electron chi connectivity index (χ1n) is 8.25. The zero-order valence-corrected chi connectivity index (χ0v) is 14.7. The van der Waals surface area contributed by atoms with Crippen molar-refractivity contribution in [1.29, 1.82) is 0 Å². The predicted molar refractivity (Wildman–Crippen MR) is 101 cm³/mol. The predicted octanol–water partition coefficient (Wildman–Crippen LogP) is 3.56. The van der Waals surface area contributed by atoms with Crippen LogP contribution in [0.2, 0.25) is 0 Å². The third-order valence-corrected chi connectivity index (χ3v) is 4.19. The van der Waals surface area contributed by atoms with Crippen molar-refractivity contribution in [1.82, 2.24) is 10.2 Å². The fourth-order valence-electron chi connectivity index (χ4n) is 2.74. The molecule has 0 radical (unpaired) electrons. The minimum Gasteiger partial charge on any atom is -0.497 e. The van der Waals surface area contributed by atoms with E-state index >= 15 is 0 Å². The maximum absolute atomic E-state index is 12.8. The molecule has 1 aliphatic rings. The number of amides is 2. The van der Waals surface area contributed by atoms with E-state index in [1.54, 1.807) is 26.4 Å². The lowest BCUT2D eigenvalue weighted by Gasteiger charge is -2.29. The van der Waals surface area contributed by atoms with Crippen LogP contribution in [0.5, 0.6) is 5.75 Å². The second-order valence-corrected chi connectivity index (χ2v) is 5.96. The first-order chi connectivity index (χ1) is 12.6. The molecule has 2 aromatic carbocycles. The summed E-state index contributed by atoms with van der Waals surface area (Å²) >= 11 is 0. The van der Waals surface area contributed by atoms with Crippen molar-refractivity contribution in [3.63, 3.8) is 0 Å². The zero-order chi connectivity index (χ0) is 18.5. The number of ketones is 1. The van der Waals surface area contributed by atoms with Crippen LogP contribution in [0.15, 0.2) is 72.4 Å². The van der Waals surface area contributed by atoms with Gasteiger partial charge in [-0.3, -0.25) is 4.79 Å². The van der Waals surface area contributed by atoms with Crippen LogP contribution in [-0.4, -0.2) is 30.9 Å². The number of nitrogens with one attached hydrogen (secondary N) is 1. The van der Waals surface area contributed by atoms with Gasteiger partial charge in [-0.15, -0.1) is 0 Å². The number of hydrogen-bond donors (Lipinski definition) is 1. The molecule has 1 heterocycles. The Kier molecular flexibility index (Phi) is 5.17. The molecular weight excluding hydrogens is 328 g/mol. The first kappa shape index (κ1) is 17.5. The maximum atomic E-state index is 12.8. The van der Waals surface area contributed by atoms with Crippen LogP contribution >= 0.6 is 0 Å². The second kappa shape index (κ2) is 7.70. The zero-order valence-electron chi connectivity index (χ0n) is 14.7. The summed E-state index contributed by atoms with van der Waals surface area (Å²) in [4.78, 5) is 26.2. The van der Waals surface area contributed by atoms with Gasteiger partial charge < -0.3 is 15.0 Å². The van der Waals surface area contributed by atoms with E-state index in [4.69, 9.17) is 4.74 Å². The van der Waals surface area contributed by atoms with E-state index in [1.807, 2.05) is 54.6 Å². The molecule has 0 aromatic heterocycles. The van der Waals surface area contributed by atoms with Gasteiger partial charge in [0, 0.05) is 18.8 Å². The number of rotatable bonds is 5. The minimum absolute atomic E-state index is 0.151. The fourth-order valence-corrected chi connectivity index (χ4v) is 2.74. The monoisotopic (exact) mass is 348 g/mol. The highest BCUT2D eigenvalue weighted by Gasteiger charge is 2.29. The fraction of sp³-hybridized carbons (Fsp3) is 0.143. The molecule has 0 aliphatic carbocycles. The first-order valence-corrected chi connectivity index (χ1v) is 8.25. The summed E-state index contributed by atoms with van der Waals surface area (Å²) in [6.45, 7) is 0.